The maximum atomic E-state index is 5.78. The fraction of sp³-hybridized carbons (Fsp3) is 0.545. The van der Waals surface area contributed by atoms with Gasteiger partial charge in [0.2, 0.25) is 0 Å². The third-order valence-electron chi connectivity index (χ3n) is 2.18. The Morgan fingerprint density at radius 3 is 2.83 bits per heavy atom. The number of thioether (sulfide) groups is 1. The molecule has 0 saturated heterocycles. The number of nitrogen functional groups attached to an aromatic ring is 1. The SMILES string of the molecule is CCCSc1nc2c(N)nnc(OC(C)C)c2[nH]1. The lowest BCUT2D eigenvalue weighted by atomic mass is 10.4. The van der Waals surface area contributed by atoms with Crippen LogP contribution in [0.4, 0.5) is 5.82 Å². The highest BCUT2D eigenvalue weighted by atomic mass is 32.2. The molecule has 0 fully saturated rings. The van der Waals surface area contributed by atoms with Crippen LogP contribution >= 0.6 is 11.8 Å². The van der Waals surface area contributed by atoms with Gasteiger partial charge in [0.25, 0.3) is 5.88 Å². The molecule has 6 nitrogen and oxygen atoms in total. The lowest BCUT2D eigenvalue weighted by molar-refractivity contribution is 0.233. The number of imidazole rings is 1. The number of rotatable bonds is 5. The predicted molar refractivity (Wildman–Crippen MR) is 72.9 cm³/mol. The smallest absolute Gasteiger partial charge is 0.260 e. The lowest BCUT2D eigenvalue weighted by Crippen LogP contribution is -2.08. The molecule has 0 amide bonds. The van der Waals surface area contributed by atoms with Crippen molar-refractivity contribution in [1.29, 1.82) is 0 Å². The second-order valence-corrected chi connectivity index (χ2v) is 5.25. The van der Waals surface area contributed by atoms with E-state index in [0.29, 0.717) is 17.2 Å². The summed E-state index contributed by atoms with van der Waals surface area (Å²) in [5.74, 6) is 1.77. The van der Waals surface area contributed by atoms with E-state index in [1.54, 1.807) is 11.8 Å². The van der Waals surface area contributed by atoms with E-state index in [-0.39, 0.29) is 6.10 Å². The Bertz CT molecular complexity index is 539. The Hall–Kier alpha value is -1.50. The molecular formula is C11H17N5OS. The summed E-state index contributed by atoms with van der Waals surface area (Å²) in [5.41, 5.74) is 7.12. The van der Waals surface area contributed by atoms with E-state index >= 15 is 0 Å². The fourth-order valence-corrected chi connectivity index (χ4v) is 2.19. The average Bonchev–Trinajstić information content (AvgIpc) is 2.75. The second-order valence-electron chi connectivity index (χ2n) is 4.17. The van der Waals surface area contributed by atoms with Crippen LogP contribution in [-0.2, 0) is 0 Å². The number of nitrogens with zero attached hydrogens (tertiary/aromatic N) is 3. The van der Waals surface area contributed by atoms with E-state index in [2.05, 4.69) is 27.1 Å². The summed E-state index contributed by atoms with van der Waals surface area (Å²) in [6.45, 7) is 6.00. The van der Waals surface area contributed by atoms with E-state index in [1.807, 2.05) is 13.8 Å². The van der Waals surface area contributed by atoms with Crippen LogP contribution < -0.4 is 10.5 Å². The summed E-state index contributed by atoms with van der Waals surface area (Å²) >= 11 is 1.65. The standard InChI is InChI=1S/C11H17N5OS/c1-4-5-18-11-13-7-8(14-11)10(17-6(2)3)16-15-9(7)12/h6H,4-5H2,1-3H3,(H2,12,15)(H,13,14). The first-order valence-corrected chi connectivity index (χ1v) is 6.91. The summed E-state index contributed by atoms with van der Waals surface area (Å²) in [4.78, 5) is 7.61. The first-order chi connectivity index (χ1) is 8.61. The minimum atomic E-state index is 0.0289. The molecule has 7 heteroatoms. The number of ether oxygens (including phenoxy) is 1. The molecule has 0 atom stereocenters. The van der Waals surface area contributed by atoms with E-state index in [4.69, 9.17) is 10.5 Å². The predicted octanol–water partition coefficient (Wildman–Crippen LogP) is 2.22. The molecule has 0 bridgehead atoms. The fourth-order valence-electron chi connectivity index (χ4n) is 1.46. The van der Waals surface area contributed by atoms with Crippen molar-refractivity contribution in [1.82, 2.24) is 20.2 Å². The van der Waals surface area contributed by atoms with Crippen molar-refractivity contribution in [2.45, 2.75) is 38.5 Å². The lowest BCUT2D eigenvalue weighted by Gasteiger charge is -2.08. The van der Waals surface area contributed by atoms with Crippen LogP contribution in [0.3, 0.4) is 0 Å². The van der Waals surface area contributed by atoms with Crippen molar-refractivity contribution in [3.8, 4) is 5.88 Å². The van der Waals surface area contributed by atoms with Gasteiger partial charge in [-0.05, 0) is 20.3 Å². The Kier molecular flexibility index (Phi) is 3.90. The van der Waals surface area contributed by atoms with Gasteiger partial charge >= 0.3 is 0 Å². The molecule has 2 aromatic heterocycles. The quantitative estimate of drug-likeness (QED) is 0.807. The summed E-state index contributed by atoms with van der Waals surface area (Å²) < 4.78 is 5.59. The van der Waals surface area contributed by atoms with Crippen LogP contribution in [0.5, 0.6) is 5.88 Å². The number of nitrogens with one attached hydrogen (secondary N) is 1. The summed E-state index contributed by atoms with van der Waals surface area (Å²) in [6, 6.07) is 0. The molecule has 0 unspecified atom stereocenters. The third-order valence-corrected chi connectivity index (χ3v) is 3.26. The Morgan fingerprint density at radius 2 is 2.17 bits per heavy atom. The molecule has 0 spiro atoms. The number of aromatic nitrogens is 4. The van der Waals surface area contributed by atoms with Crippen LogP contribution in [0.2, 0.25) is 0 Å². The van der Waals surface area contributed by atoms with E-state index in [9.17, 15) is 0 Å². The summed E-state index contributed by atoms with van der Waals surface area (Å²) in [7, 11) is 0. The second kappa shape index (κ2) is 5.43. The summed E-state index contributed by atoms with van der Waals surface area (Å²) in [5, 5.41) is 8.65. The van der Waals surface area contributed by atoms with Gasteiger partial charge in [-0.1, -0.05) is 18.7 Å². The molecule has 0 aliphatic heterocycles. The first-order valence-electron chi connectivity index (χ1n) is 5.93. The van der Waals surface area contributed by atoms with Crippen LogP contribution in [0.25, 0.3) is 11.0 Å². The minimum Gasteiger partial charge on any atom is -0.472 e. The zero-order valence-corrected chi connectivity index (χ0v) is 11.5. The molecule has 2 aromatic rings. The number of H-pyrrole nitrogens is 1. The normalized spacial score (nSPS) is 11.3. The molecule has 0 aliphatic rings. The molecule has 0 radical (unpaired) electrons. The van der Waals surface area contributed by atoms with E-state index in [0.717, 1.165) is 22.8 Å². The molecule has 0 saturated carbocycles. The molecule has 0 aliphatic carbocycles. The number of aromatic amines is 1. The number of anilines is 1. The zero-order valence-electron chi connectivity index (χ0n) is 10.7. The highest BCUT2D eigenvalue weighted by Gasteiger charge is 2.15. The van der Waals surface area contributed by atoms with Crippen molar-refractivity contribution in [3.05, 3.63) is 0 Å². The third kappa shape index (κ3) is 2.66. The van der Waals surface area contributed by atoms with Crippen molar-refractivity contribution in [3.63, 3.8) is 0 Å². The van der Waals surface area contributed by atoms with Gasteiger partial charge in [0.1, 0.15) is 11.0 Å². The Morgan fingerprint density at radius 1 is 1.39 bits per heavy atom. The largest absolute Gasteiger partial charge is 0.472 e. The maximum absolute atomic E-state index is 5.78. The van der Waals surface area contributed by atoms with Gasteiger partial charge in [0, 0.05) is 5.75 Å². The van der Waals surface area contributed by atoms with Crippen molar-refractivity contribution >= 4 is 28.6 Å². The average molecular weight is 267 g/mol. The Balaban J connectivity index is 2.41. The van der Waals surface area contributed by atoms with E-state index in [1.165, 1.54) is 0 Å². The topological polar surface area (TPSA) is 89.7 Å². The molecular weight excluding hydrogens is 250 g/mol. The highest BCUT2D eigenvalue weighted by Crippen LogP contribution is 2.28. The van der Waals surface area contributed by atoms with Crippen LogP contribution in [0.1, 0.15) is 27.2 Å². The van der Waals surface area contributed by atoms with Gasteiger partial charge in [-0.15, -0.1) is 10.2 Å². The van der Waals surface area contributed by atoms with Crippen LogP contribution in [0, 0.1) is 0 Å². The monoisotopic (exact) mass is 267 g/mol. The first kappa shape index (κ1) is 12.9. The van der Waals surface area contributed by atoms with Crippen LogP contribution in [-0.4, -0.2) is 32.0 Å². The van der Waals surface area contributed by atoms with Gasteiger partial charge in [-0.2, -0.15) is 0 Å². The number of hydrogen-bond acceptors (Lipinski definition) is 6. The van der Waals surface area contributed by atoms with Crippen molar-refractivity contribution < 1.29 is 4.74 Å². The zero-order chi connectivity index (χ0) is 13.1. The molecule has 98 valence electrons. The van der Waals surface area contributed by atoms with E-state index < -0.39 is 0 Å². The minimum absolute atomic E-state index is 0.0289. The highest BCUT2D eigenvalue weighted by molar-refractivity contribution is 7.99. The van der Waals surface area contributed by atoms with Gasteiger partial charge in [0.15, 0.2) is 11.0 Å². The number of nitrogens with two attached hydrogens (primary N) is 1. The van der Waals surface area contributed by atoms with Crippen molar-refractivity contribution in [2.24, 2.45) is 0 Å². The molecule has 18 heavy (non-hydrogen) atoms. The Labute approximate surface area is 110 Å². The van der Waals surface area contributed by atoms with Gasteiger partial charge in [-0.25, -0.2) is 4.98 Å². The van der Waals surface area contributed by atoms with Gasteiger partial charge in [-0.3, -0.25) is 0 Å². The number of hydrogen-bond donors (Lipinski definition) is 2. The maximum Gasteiger partial charge on any atom is 0.260 e. The molecule has 2 rings (SSSR count). The number of fused-ring (bicyclic) bond motifs is 1. The molecule has 0 aromatic carbocycles. The molecule has 3 N–H and O–H groups in total. The summed E-state index contributed by atoms with van der Waals surface area (Å²) in [6.07, 6.45) is 1.12. The van der Waals surface area contributed by atoms with Crippen molar-refractivity contribution in [2.75, 3.05) is 11.5 Å². The van der Waals surface area contributed by atoms with Crippen LogP contribution in [0.15, 0.2) is 5.16 Å². The van der Waals surface area contributed by atoms with Gasteiger partial charge < -0.3 is 15.5 Å². The van der Waals surface area contributed by atoms with Gasteiger partial charge in [0.05, 0.1) is 6.10 Å². The molecule has 2 heterocycles.